The van der Waals surface area contributed by atoms with Crippen LogP contribution in [0, 0.1) is 25.2 Å². The maximum Gasteiger partial charge on any atom is 0.362 e. The molecule has 0 radical (unpaired) electrons. The van der Waals surface area contributed by atoms with Gasteiger partial charge < -0.3 is 9.30 Å². The summed E-state index contributed by atoms with van der Waals surface area (Å²) in [5, 5.41) is 8.95. The monoisotopic (exact) mass is 345 g/mol. The number of ether oxygens (including phenoxy) is 1. The fourth-order valence-electron chi connectivity index (χ4n) is 2.82. The van der Waals surface area contributed by atoms with Gasteiger partial charge >= 0.3 is 5.97 Å². The van der Waals surface area contributed by atoms with Crippen molar-refractivity contribution in [1.82, 2.24) is 9.55 Å². The quantitative estimate of drug-likeness (QED) is 0.523. The Kier molecular flexibility index (Phi) is 4.85. The number of benzene rings is 2. The molecule has 26 heavy (non-hydrogen) atoms. The molecule has 1 heterocycles. The predicted molar refractivity (Wildman–Crippen MR) is 98.9 cm³/mol. The van der Waals surface area contributed by atoms with E-state index in [9.17, 15) is 4.79 Å². The first-order valence-electron chi connectivity index (χ1n) is 8.40. The highest BCUT2D eigenvalue weighted by molar-refractivity contribution is 5.91. The summed E-state index contributed by atoms with van der Waals surface area (Å²) in [5.74, 6) is 0.759. The van der Waals surface area contributed by atoms with Crippen LogP contribution in [0.5, 0.6) is 5.75 Å². The molecule has 130 valence electrons. The molecule has 0 atom stereocenters. The molecule has 0 fully saturated rings. The van der Waals surface area contributed by atoms with Gasteiger partial charge in [0.1, 0.15) is 11.6 Å². The maximum atomic E-state index is 12.7. The van der Waals surface area contributed by atoms with Crippen LogP contribution in [0.4, 0.5) is 0 Å². The molecule has 0 aliphatic heterocycles. The molecule has 0 aliphatic carbocycles. The van der Waals surface area contributed by atoms with Crippen LogP contribution < -0.4 is 4.74 Å². The van der Waals surface area contributed by atoms with E-state index in [1.54, 1.807) is 31.2 Å². The molecule has 0 amide bonds. The summed E-state index contributed by atoms with van der Waals surface area (Å²) in [7, 11) is 0. The third kappa shape index (κ3) is 3.35. The van der Waals surface area contributed by atoms with Gasteiger partial charge in [0.25, 0.3) is 0 Å². The summed E-state index contributed by atoms with van der Waals surface area (Å²) in [4.78, 5) is 17.3. The Morgan fingerprint density at radius 1 is 1.12 bits per heavy atom. The van der Waals surface area contributed by atoms with Gasteiger partial charge in [-0.1, -0.05) is 17.7 Å². The Morgan fingerprint density at radius 2 is 1.77 bits per heavy atom. The second-order valence-corrected chi connectivity index (χ2v) is 6.01. The lowest BCUT2D eigenvalue weighted by molar-refractivity contribution is 0.0723. The smallest absolute Gasteiger partial charge is 0.362 e. The molecule has 0 unspecified atom stereocenters. The summed E-state index contributed by atoms with van der Waals surface area (Å²) in [6, 6.07) is 16.6. The first kappa shape index (κ1) is 17.4. The minimum absolute atomic E-state index is 0.430. The Balaban J connectivity index is 1.97. The molecule has 0 N–H and O–H groups in total. The second-order valence-electron chi connectivity index (χ2n) is 6.01. The number of hydrogen-bond acceptors (Lipinski definition) is 4. The minimum atomic E-state index is -0.430. The number of imidazole rings is 1. The molecule has 5 heteroatoms. The van der Waals surface area contributed by atoms with Gasteiger partial charge in [0.05, 0.1) is 17.3 Å². The van der Waals surface area contributed by atoms with Gasteiger partial charge in [-0.2, -0.15) is 5.26 Å². The molecule has 2 aromatic carbocycles. The largest absolute Gasteiger partial charge is 0.422 e. The number of aryl methyl sites for hydroxylation is 2. The average molecular weight is 345 g/mol. The van der Waals surface area contributed by atoms with Gasteiger partial charge in [-0.3, -0.25) is 0 Å². The van der Waals surface area contributed by atoms with Crippen LogP contribution in [-0.2, 0) is 6.54 Å². The van der Waals surface area contributed by atoms with Crippen LogP contribution >= 0.6 is 0 Å². The number of carbonyl (C=O) groups is 1. The summed E-state index contributed by atoms with van der Waals surface area (Å²) >= 11 is 0. The Morgan fingerprint density at radius 3 is 2.35 bits per heavy atom. The lowest BCUT2D eigenvalue weighted by Gasteiger charge is -2.10. The lowest BCUT2D eigenvalue weighted by atomic mass is 10.1. The van der Waals surface area contributed by atoms with Crippen molar-refractivity contribution in [1.29, 1.82) is 5.26 Å². The van der Waals surface area contributed by atoms with Gasteiger partial charge in [0.2, 0.25) is 0 Å². The van der Waals surface area contributed by atoms with E-state index in [4.69, 9.17) is 10.00 Å². The van der Waals surface area contributed by atoms with E-state index >= 15 is 0 Å². The molecular formula is C21H19N3O2. The molecular weight excluding hydrogens is 326 g/mol. The van der Waals surface area contributed by atoms with E-state index in [1.165, 1.54) is 0 Å². The minimum Gasteiger partial charge on any atom is -0.422 e. The highest BCUT2D eigenvalue weighted by Crippen LogP contribution is 2.24. The van der Waals surface area contributed by atoms with Crippen molar-refractivity contribution in [3.05, 3.63) is 71.0 Å². The Hall–Kier alpha value is -3.39. The number of aromatic nitrogens is 2. The van der Waals surface area contributed by atoms with Gasteiger partial charge in [-0.25, -0.2) is 9.78 Å². The molecule has 0 bridgehead atoms. The zero-order valence-corrected chi connectivity index (χ0v) is 15.0. The Bertz CT molecular complexity index is 978. The van der Waals surface area contributed by atoms with Crippen molar-refractivity contribution in [3.8, 4) is 23.2 Å². The maximum absolute atomic E-state index is 12.7. The average Bonchev–Trinajstić information content (AvgIpc) is 3.00. The van der Waals surface area contributed by atoms with Gasteiger partial charge in [0, 0.05) is 12.1 Å². The zero-order valence-electron chi connectivity index (χ0n) is 15.0. The summed E-state index contributed by atoms with van der Waals surface area (Å²) in [6.45, 7) is 6.31. The number of rotatable bonds is 4. The number of nitriles is 1. The second kappa shape index (κ2) is 7.24. The summed E-state index contributed by atoms with van der Waals surface area (Å²) in [6.07, 6.45) is 0. The van der Waals surface area contributed by atoms with Crippen molar-refractivity contribution in [2.45, 2.75) is 27.3 Å². The van der Waals surface area contributed by atoms with Crippen LogP contribution in [-0.4, -0.2) is 15.5 Å². The predicted octanol–water partition coefficient (Wildman–Crippen LogP) is 4.28. The van der Waals surface area contributed by atoms with Crippen LogP contribution in [0.3, 0.4) is 0 Å². The summed E-state index contributed by atoms with van der Waals surface area (Å²) < 4.78 is 7.36. The summed E-state index contributed by atoms with van der Waals surface area (Å²) in [5.41, 5.74) is 3.58. The van der Waals surface area contributed by atoms with Crippen molar-refractivity contribution < 1.29 is 9.53 Å². The third-order valence-electron chi connectivity index (χ3n) is 4.16. The van der Waals surface area contributed by atoms with E-state index in [0.29, 0.717) is 35.1 Å². The van der Waals surface area contributed by atoms with Crippen molar-refractivity contribution in [2.75, 3.05) is 0 Å². The molecule has 0 saturated carbocycles. The topological polar surface area (TPSA) is 67.9 Å². The lowest BCUT2D eigenvalue weighted by Crippen LogP contribution is -2.16. The number of carbonyl (C=O) groups excluding carboxylic acids is 1. The van der Waals surface area contributed by atoms with Gasteiger partial charge in [-0.15, -0.1) is 0 Å². The molecule has 0 aliphatic rings. The van der Waals surface area contributed by atoms with E-state index in [2.05, 4.69) is 11.1 Å². The van der Waals surface area contributed by atoms with E-state index in [0.717, 1.165) is 11.1 Å². The standard InChI is InChI=1S/C21H19N3O2/c1-4-24-19(21(25)26-18-11-5-14(2)6-12-18)15(3)23-20(24)17-9-7-16(13-22)8-10-17/h5-12H,4H2,1-3H3. The highest BCUT2D eigenvalue weighted by Gasteiger charge is 2.22. The first-order valence-corrected chi connectivity index (χ1v) is 8.40. The van der Waals surface area contributed by atoms with Crippen LogP contribution in [0.15, 0.2) is 48.5 Å². The number of esters is 1. The molecule has 0 saturated heterocycles. The zero-order chi connectivity index (χ0) is 18.7. The van der Waals surface area contributed by atoms with Crippen LogP contribution in [0.2, 0.25) is 0 Å². The fourth-order valence-corrected chi connectivity index (χ4v) is 2.82. The number of nitrogens with zero attached hydrogens (tertiary/aromatic N) is 3. The first-order chi connectivity index (χ1) is 12.5. The van der Waals surface area contributed by atoms with E-state index < -0.39 is 5.97 Å². The normalized spacial score (nSPS) is 10.4. The van der Waals surface area contributed by atoms with Crippen molar-refractivity contribution in [2.24, 2.45) is 0 Å². The third-order valence-corrected chi connectivity index (χ3v) is 4.16. The highest BCUT2D eigenvalue weighted by atomic mass is 16.5. The molecule has 5 nitrogen and oxygen atoms in total. The fraction of sp³-hybridized carbons (Fsp3) is 0.190. The molecule has 1 aromatic heterocycles. The molecule has 3 aromatic rings. The molecule has 0 spiro atoms. The van der Waals surface area contributed by atoms with Crippen molar-refractivity contribution >= 4 is 5.97 Å². The van der Waals surface area contributed by atoms with Gasteiger partial charge in [0.15, 0.2) is 5.69 Å². The molecule has 3 rings (SSSR count). The van der Waals surface area contributed by atoms with Crippen LogP contribution in [0.1, 0.15) is 34.2 Å². The van der Waals surface area contributed by atoms with Crippen molar-refractivity contribution in [3.63, 3.8) is 0 Å². The van der Waals surface area contributed by atoms with Gasteiger partial charge in [-0.05, 0) is 57.2 Å². The van der Waals surface area contributed by atoms with E-state index in [1.807, 2.05) is 42.7 Å². The number of hydrogen-bond donors (Lipinski definition) is 0. The Labute approximate surface area is 152 Å². The van der Waals surface area contributed by atoms with E-state index in [-0.39, 0.29) is 0 Å². The van der Waals surface area contributed by atoms with Crippen LogP contribution in [0.25, 0.3) is 11.4 Å². The SMILES string of the molecule is CCn1c(-c2ccc(C#N)cc2)nc(C)c1C(=O)Oc1ccc(C)cc1.